The highest BCUT2D eigenvalue weighted by Crippen LogP contribution is 2.37. The second kappa shape index (κ2) is 14.3. The summed E-state index contributed by atoms with van der Waals surface area (Å²) in [4.78, 5) is 33.1. The van der Waals surface area contributed by atoms with E-state index >= 15 is 0 Å². The summed E-state index contributed by atoms with van der Waals surface area (Å²) in [5, 5.41) is 6.46. The third kappa shape index (κ3) is 7.35. The maximum atomic E-state index is 13.2. The first-order valence-electron chi connectivity index (χ1n) is 16.1. The average Bonchev–Trinajstić information content (AvgIpc) is 3.49. The smallest absolute Gasteiger partial charge is 0.265 e. The number of amides is 1. The lowest BCUT2D eigenvalue weighted by Gasteiger charge is -2.27. The number of aromatic nitrogens is 1. The summed E-state index contributed by atoms with van der Waals surface area (Å²) in [6, 6.07) is 12.2. The van der Waals surface area contributed by atoms with Crippen LogP contribution in [0, 0.1) is 12.8 Å². The molecular formula is C37H45N3O2S. The highest BCUT2D eigenvalue weighted by molar-refractivity contribution is 7.14. The molecule has 0 aliphatic heterocycles. The zero-order chi connectivity index (χ0) is 30.3. The van der Waals surface area contributed by atoms with Gasteiger partial charge < -0.3 is 10.6 Å². The molecule has 0 bridgehead atoms. The van der Waals surface area contributed by atoms with Crippen molar-refractivity contribution in [1.29, 1.82) is 0 Å². The van der Waals surface area contributed by atoms with Gasteiger partial charge in [-0.1, -0.05) is 44.5 Å². The van der Waals surface area contributed by atoms with Crippen LogP contribution in [-0.4, -0.2) is 16.7 Å². The van der Waals surface area contributed by atoms with Gasteiger partial charge in [-0.25, -0.2) is 4.98 Å². The van der Waals surface area contributed by atoms with Crippen molar-refractivity contribution in [2.24, 2.45) is 5.92 Å². The monoisotopic (exact) mass is 595 g/mol. The van der Waals surface area contributed by atoms with Crippen LogP contribution in [0.15, 0.2) is 60.4 Å². The SMILES string of the molecule is C/C=C(\C=C(\Nc1ccc(C2CCC(CC)CC2)cn1)C(=O)CC)c1cccc(NC(=O)c2cc3c(s2)CCCC3)c1C. The van der Waals surface area contributed by atoms with Gasteiger partial charge in [0.15, 0.2) is 5.78 Å². The fourth-order valence-corrected chi connectivity index (χ4v) is 7.63. The highest BCUT2D eigenvalue weighted by atomic mass is 32.1. The average molecular weight is 596 g/mol. The summed E-state index contributed by atoms with van der Waals surface area (Å²) in [5.74, 6) is 2.07. The topological polar surface area (TPSA) is 71.1 Å². The molecule has 1 aromatic carbocycles. The largest absolute Gasteiger partial charge is 0.337 e. The Hall–Kier alpha value is -3.51. The second-order valence-corrected chi connectivity index (χ2v) is 13.1. The summed E-state index contributed by atoms with van der Waals surface area (Å²) < 4.78 is 0. The van der Waals surface area contributed by atoms with E-state index in [1.807, 2.05) is 63.4 Å². The molecule has 0 saturated heterocycles. The van der Waals surface area contributed by atoms with Crippen LogP contribution in [0.1, 0.15) is 115 Å². The number of pyridine rings is 1. The Labute approximate surface area is 260 Å². The van der Waals surface area contributed by atoms with Gasteiger partial charge in [0, 0.05) is 23.2 Å². The van der Waals surface area contributed by atoms with Gasteiger partial charge >= 0.3 is 0 Å². The van der Waals surface area contributed by atoms with Gasteiger partial charge in [0.1, 0.15) is 5.82 Å². The van der Waals surface area contributed by atoms with Gasteiger partial charge in [-0.05, 0) is 129 Å². The Balaban J connectivity index is 1.33. The number of ketones is 1. The summed E-state index contributed by atoms with van der Waals surface area (Å²) in [5.41, 5.74) is 6.76. The van der Waals surface area contributed by atoms with E-state index in [9.17, 15) is 9.59 Å². The first-order chi connectivity index (χ1) is 20.9. The maximum Gasteiger partial charge on any atom is 0.265 e. The third-order valence-electron chi connectivity index (χ3n) is 9.29. The zero-order valence-electron chi connectivity index (χ0n) is 26.1. The second-order valence-electron chi connectivity index (χ2n) is 12.0. The van der Waals surface area contributed by atoms with Crippen molar-refractivity contribution in [2.45, 2.75) is 97.8 Å². The Morgan fingerprint density at radius 2 is 1.81 bits per heavy atom. The van der Waals surface area contributed by atoms with Crippen LogP contribution < -0.4 is 10.6 Å². The Morgan fingerprint density at radius 3 is 2.49 bits per heavy atom. The van der Waals surface area contributed by atoms with Gasteiger partial charge in [-0.2, -0.15) is 0 Å². The minimum atomic E-state index is -0.0614. The lowest BCUT2D eigenvalue weighted by atomic mass is 9.78. The van der Waals surface area contributed by atoms with Crippen molar-refractivity contribution in [3.8, 4) is 0 Å². The van der Waals surface area contributed by atoms with Crippen LogP contribution in [0.25, 0.3) is 5.57 Å². The minimum Gasteiger partial charge on any atom is -0.337 e. The molecule has 3 aromatic rings. The molecular weight excluding hydrogens is 550 g/mol. The predicted molar refractivity (Wildman–Crippen MR) is 180 cm³/mol. The number of allylic oxidation sites excluding steroid dienone is 4. The third-order valence-corrected chi connectivity index (χ3v) is 10.5. The van der Waals surface area contributed by atoms with E-state index in [0.29, 0.717) is 23.9 Å². The Kier molecular flexibility index (Phi) is 10.3. The summed E-state index contributed by atoms with van der Waals surface area (Å²) in [7, 11) is 0. The number of carbonyl (C=O) groups is 2. The van der Waals surface area contributed by atoms with E-state index in [1.165, 1.54) is 60.9 Å². The normalized spacial score (nSPS) is 19.1. The standard InChI is InChI=1S/C37H45N3O2S/c1-5-25-15-17-27(18-16-25)29-19-20-36(38-23-29)39-32(33(41)7-3)21-26(6-2)30-12-10-13-31(24(30)4)40-37(42)35-22-28-11-8-9-14-34(28)43-35/h6,10,12-13,19-23,25,27H,5,7-9,11,14-18H2,1-4H3,(H,38,39)(H,40,42)/b26-6+,32-21+. The van der Waals surface area contributed by atoms with Crippen LogP contribution in [0.3, 0.4) is 0 Å². The molecule has 1 saturated carbocycles. The summed E-state index contributed by atoms with van der Waals surface area (Å²) in [6.07, 6.45) is 17.1. The number of benzene rings is 1. The van der Waals surface area contributed by atoms with Crippen molar-refractivity contribution >= 4 is 40.1 Å². The van der Waals surface area contributed by atoms with Gasteiger partial charge in [0.05, 0.1) is 10.6 Å². The molecule has 2 N–H and O–H groups in total. The van der Waals surface area contributed by atoms with Gasteiger partial charge in [0.25, 0.3) is 5.91 Å². The van der Waals surface area contributed by atoms with Gasteiger partial charge in [0.2, 0.25) is 0 Å². The van der Waals surface area contributed by atoms with Crippen LogP contribution in [0.2, 0.25) is 0 Å². The molecule has 2 heterocycles. The van der Waals surface area contributed by atoms with Crippen molar-refractivity contribution in [1.82, 2.24) is 4.98 Å². The van der Waals surface area contributed by atoms with E-state index < -0.39 is 0 Å². The van der Waals surface area contributed by atoms with Crippen LogP contribution >= 0.6 is 11.3 Å². The summed E-state index contributed by atoms with van der Waals surface area (Å²) in [6.45, 7) is 8.16. The molecule has 43 heavy (non-hydrogen) atoms. The van der Waals surface area contributed by atoms with E-state index in [-0.39, 0.29) is 11.7 Å². The number of nitrogens with one attached hydrogen (secondary N) is 2. The van der Waals surface area contributed by atoms with E-state index in [2.05, 4.69) is 29.7 Å². The molecule has 0 spiro atoms. The molecule has 226 valence electrons. The number of carbonyl (C=O) groups excluding carboxylic acids is 2. The first kappa shape index (κ1) is 30.9. The van der Waals surface area contributed by atoms with Crippen LogP contribution in [0.4, 0.5) is 11.5 Å². The molecule has 0 radical (unpaired) electrons. The van der Waals surface area contributed by atoms with Gasteiger partial charge in [-0.3, -0.25) is 9.59 Å². The number of hydrogen-bond acceptors (Lipinski definition) is 5. The van der Waals surface area contributed by atoms with E-state index in [0.717, 1.165) is 46.0 Å². The minimum absolute atomic E-state index is 0.0203. The molecule has 0 atom stereocenters. The Morgan fingerprint density at radius 1 is 1.02 bits per heavy atom. The first-order valence-corrected chi connectivity index (χ1v) is 16.9. The molecule has 5 rings (SSSR count). The fourth-order valence-electron chi connectivity index (χ4n) is 6.48. The van der Waals surface area contributed by atoms with E-state index in [4.69, 9.17) is 4.98 Å². The van der Waals surface area contributed by atoms with Gasteiger partial charge in [-0.15, -0.1) is 11.3 Å². The number of fused-ring (bicyclic) bond motifs is 1. The molecule has 2 aliphatic rings. The van der Waals surface area contributed by atoms with Crippen LogP contribution in [-0.2, 0) is 17.6 Å². The van der Waals surface area contributed by atoms with Crippen molar-refractivity contribution in [3.63, 3.8) is 0 Å². The Bertz CT molecular complexity index is 1480. The fraction of sp³-hybridized carbons (Fsp3) is 0.432. The number of hydrogen-bond donors (Lipinski definition) is 2. The number of rotatable bonds is 10. The predicted octanol–water partition coefficient (Wildman–Crippen LogP) is 9.64. The number of aryl methyl sites for hydroxylation is 2. The molecule has 0 unspecified atom stereocenters. The van der Waals surface area contributed by atoms with E-state index in [1.54, 1.807) is 11.3 Å². The van der Waals surface area contributed by atoms with Crippen LogP contribution in [0.5, 0.6) is 0 Å². The van der Waals surface area contributed by atoms with Crippen molar-refractivity contribution in [2.75, 3.05) is 10.6 Å². The van der Waals surface area contributed by atoms with Crippen molar-refractivity contribution < 1.29 is 9.59 Å². The molecule has 5 nitrogen and oxygen atoms in total. The molecule has 1 fully saturated rings. The number of anilines is 2. The number of Topliss-reactive ketones (excluding diaryl/α,β-unsaturated/α-hetero) is 1. The molecule has 2 aliphatic carbocycles. The number of thiophene rings is 1. The summed E-state index contributed by atoms with van der Waals surface area (Å²) >= 11 is 1.62. The molecule has 1 amide bonds. The quantitative estimate of drug-likeness (QED) is 0.181. The number of nitrogens with zero attached hydrogens (tertiary/aromatic N) is 1. The molecule has 2 aromatic heterocycles. The molecule has 6 heteroatoms. The van der Waals surface area contributed by atoms with Crippen molar-refractivity contribution in [3.05, 3.63) is 92.5 Å². The highest BCUT2D eigenvalue weighted by Gasteiger charge is 2.22. The lowest BCUT2D eigenvalue weighted by molar-refractivity contribution is -0.115. The maximum absolute atomic E-state index is 13.2. The zero-order valence-corrected chi connectivity index (χ0v) is 26.9. The lowest BCUT2D eigenvalue weighted by Crippen LogP contribution is -2.14.